The number of aromatic nitrogens is 1. The van der Waals surface area contributed by atoms with Crippen LogP contribution in [0.25, 0.3) is 0 Å². The molecule has 0 spiro atoms. The number of hydrogen-bond acceptors (Lipinski definition) is 6. The van der Waals surface area contributed by atoms with E-state index in [9.17, 15) is 0 Å². The summed E-state index contributed by atoms with van der Waals surface area (Å²) in [6, 6.07) is 7.51. The van der Waals surface area contributed by atoms with Crippen LogP contribution < -0.4 is 24.8 Å². The molecule has 30 heavy (non-hydrogen) atoms. The van der Waals surface area contributed by atoms with Crippen LogP contribution in [0.15, 0.2) is 33.8 Å². The fraction of sp³-hybridized carbons (Fsp3) is 0.545. The minimum atomic E-state index is 0.449. The Morgan fingerprint density at radius 2 is 1.70 bits per heavy atom. The minimum Gasteiger partial charge on any atom is -0.496 e. The van der Waals surface area contributed by atoms with Crippen molar-refractivity contribution in [3.63, 3.8) is 0 Å². The maximum Gasteiger partial charge on any atom is 0.191 e. The van der Waals surface area contributed by atoms with Crippen LogP contribution in [0.3, 0.4) is 0 Å². The van der Waals surface area contributed by atoms with Gasteiger partial charge in [0.15, 0.2) is 11.7 Å². The van der Waals surface area contributed by atoms with Crippen molar-refractivity contribution in [2.45, 2.75) is 45.6 Å². The Hall–Kier alpha value is -2.90. The summed E-state index contributed by atoms with van der Waals surface area (Å²) in [5.41, 5.74) is 1.02. The lowest BCUT2D eigenvalue weighted by Crippen LogP contribution is -2.37. The molecule has 166 valence electrons. The van der Waals surface area contributed by atoms with Gasteiger partial charge >= 0.3 is 0 Å². The highest BCUT2D eigenvalue weighted by Crippen LogP contribution is 2.27. The minimum absolute atomic E-state index is 0.449. The van der Waals surface area contributed by atoms with Crippen LogP contribution >= 0.6 is 0 Å². The van der Waals surface area contributed by atoms with Crippen LogP contribution in [0, 0.1) is 0 Å². The first-order valence-corrected chi connectivity index (χ1v) is 10.4. The molecule has 1 aromatic carbocycles. The van der Waals surface area contributed by atoms with E-state index in [1.54, 1.807) is 21.3 Å². The van der Waals surface area contributed by atoms with Crippen molar-refractivity contribution in [2.75, 3.05) is 34.4 Å². The summed E-state index contributed by atoms with van der Waals surface area (Å²) in [7, 11) is 4.98. The van der Waals surface area contributed by atoms with Gasteiger partial charge in [-0.15, -0.1) is 0 Å². The van der Waals surface area contributed by atoms with Gasteiger partial charge in [-0.25, -0.2) is 0 Å². The van der Waals surface area contributed by atoms with E-state index >= 15 is 0 Å². The zero-order chi connectivity index (χ0) is 21.8. The molecule has 2 aromatic rings. The van der Waals surface area contributed by atoms with Crippen molar-refractivity contribution in [1.29, 1.82) is 0 Å². The van der Waals surface area contributed by atoms with Gasteiger partial charge in [0.25, 0.3) is 0 Å². The number of guanidine groups is 1. The lowest BCUT2D eigenvalue weighted by Gasteiger charge is -2.12. The maximum absolute atomic E-state index is 5.80. The van der Waals surface area contributed by atoms with Crippen LogP contribution in [-0.4, -0.2) is 45.5 Å². The van der Waals surface area contributed by atoms with Gasteiger partial charge in [0.1, 0.15) is 17.2 Å². The second kappa shape index (κ2) is 12.6. The third kappa shape index (κ3) is 7.17. The summed E-state index contributed by atoms with van der Waals surface area (Å²) in [6.07, 6.45) is 2.93. The Balaban J connectivity index is 1.71. The third-order valence-electron chi connectivity index (χ3n) is 4.84. The molecule has 2 N–H and O–H groups in total. The molecule has 0 saturated heterocycles. The molecule has 0 aliphatic rings. The van der Waals surface area contributed by atoms with Gasteiger partial charge in [-0.05, 0) is 19.3 Å². The van der Waals surface area contributed by atoms with E-state index in [2.05, 4.69) is 34.6 Å². The van der Waals surface area contributed by atoms with Crippen LogP contribution in [0.2, 0.25) is 0 Å². The number of ether oxygens (including phenoxy) is 3. The molecular formula is C22H34N4O4. The van der Waals surface area contributed by atoms with E-state index in [-0.39, 0.29) is 0 Å². The molecule has 0 radical (unpaired) electrons. The number of hydrogen-bond donors (Lipinski definition) is 2. The number of nitrogens with zero attached hydrogens (tertiary/aromatic N) is 2. The van der Waals surface area contributed by atoms with Crippen molar-refractivity contribution >= 4 is 5.96 Å². The highest BCUT2D eigenvalue weighted by atomic mass is 16.5. The van der Waals surface area contributed by atoms with E-state index in [1.807, 2.05) is 24.3 Å². The van der Waals surface area contributed by atoms with Crippen molar-refractivity contribution in [1.82, 2.24) is 15.8 Å². The predicted molar refractivity (Wildman–Crippen MR) is 118 cm³/mol. The second-order valence-corrected chi connectivity index (χ2v) is 6.83. The number of rotatable bonds is 12. The molecule has 0 bridgehead atoms. The molecule has 0 atom stereocenters. The van der Waals surface area contributed by atoms with Gasteiger partial charge in [-0.3, -0.25) is 4.99 Å². The highest BCUT2D eigenvalue weighted by Gasteiger charge is 2.13. The average Bonchev–Trinajstić information content (AvgIpc) is 3.24. The zero-order valence-corrected chi connectivity index (χ0v) is 18.7. The van der Waals surface area contributed by atoms with Gasteiger partial charge in [0.2, 0.25) is 0 Å². The molecule has 8 nitrogen and oxygen atoms in total. The predicted octanol–water partition coefficient (Wildman–Crippen LogP) is 3.73. The highest BCUT2D eigenvalue weighted by molar-refractivity contribution is 5.79. The van der Waals surface area contributed by atoms with Crippen molar-refractivity contribution in [3.05, 3.63) is 35.7 Å². The molecule has 2 rings (SSSR count). The van der Waals surface area contributed by atoms with E-state index < -0.39 is 0 Å². The molecule has 0 amide bonds. The first-order valence-electron chi connectivity index (χ1n) is 10.4. The van der Waals surface area contributed by atoms with Crippen LogP contribution in [-0.2, 0) is 6.54 Å². The Labute approximate surface area is 179 Å². The molecule has 0 saturated carbocycles. The van der Waals surface area contributed by atoms with Crippen molar-refractivity contribution < 1.29 is 18.7 Å². The molecule has 0 aliphatic heterocycles. The molecular weight excluding hydrogens is 384 g/mol. The fourth-order valence-electron chi connectivity index (χ4n) is 3.04. The van der Waals surface area contributed by atoms with Crippen molar-refractivity contribution in [3.8, 4) is 17.2 Å². The smallest absolute Gasteiger partial charge is 0.191 e. The standard InChI is InChI=1S/C22H34N4O4/c1-6-16(7-2)21-14-20(30-26-21)15-25-22(23-3)24-9-8-10-29-19-12-17(27-4)11-18(13-19)28-5/h11-14,16H,6-10,15H2,1-5H3,(H2,23,24,25). The topological polar surface area (TPSA) is 90.1 Å². The summed E-state index contributed by atoms with van der Waals surface area (Å²) in [5.74, 6) is 4.07. The van der Waals surface area contributed by atoms with Crippen LogP contribution in [0.5, 0.6) is 17.2 Å². The molecule has 8 heteroatoms. The summed E-state index contributed by atoms with van der Waals surface area (Å²) in [4.78, 5) is 4.24. The monoisotopic (exact) mass is 418 g/mol. The number of methoxy groups -OCH3 is 2. The first-order chi connectivity index (χ1) is 14.6. The molecule has 1 aromatic heterocycles. The third-order valence-corrected chi connectivity index (χ3v) is 4.84. The van der Waals surface area contributed by atoms with Gasteiger partial charge in [-0.1, -0.05) is 19.0 Å². The molecule has 0 unspecified atom stereocenters. The fourth-order valence-corrected chi connectivity index (χ4v) is 3.04. The Morgan fingerprint density at radius 3 is 2.30 bits per heavy atom. The molecule has 0 fully saturated rings. The van der Waals surface area contributed by atoms with Gasteiger partial charge in [-0.2, -0.15) is 0 Å². The lowest BCUT2D eigenvalue weighted by atomic mass is 9.99. The summed E-state index contributed by atoms with van der Waals surface area (Å²) in [6.45, 7) is 6.15. The lowest BCUT2D eigenvalue weighted by molar-refractivity contribution is 0.305. The van der Waals surface area contributed by atoms with Crippen molar-refractivity contribution in [2.24, 2.45) is 4.99 Å². The van der Waals surface area contributed by atoms with Crippen LogP contribution in [0.1, 0.15) is 50.5 Å². The van der Waals surface area contributed by atoms with E-state index in [4.69, 9.17) is 18.7 Å². The number of nitrogens with one attached hydrogen (secondary N) is 2. The number of benzene rings is 1. The largest absolute Gasteiger partial charge is 0.496 e. The summed E-state index contributed by atoms with van der Waals surface area (Å²) < 4.78 is 21.7. The summed E-state index contributed by atoms with van der Waals surface area (Å²) >= 11 is 0. The van der Waals surface area contributed by atoms with Gasteiger partial charge < -0.3 is 29.4 Å². The molecule has 0 aliphatic carbocycles. The van der Waals surface area contributed by atoms with E-state index in [1.165, 1.54) is 0 Å². The average molecular weight is 419 g/mol. The Kier molecular flexibility index (Phi) is 9.83. The first kappa shape index (κ1) is 23.4. The Morgan fingerprint density at radius 1 is 1.03 bits per heavy atom. The maximum atomic E-state index is 5.80. The van der Waals surface area contributed by atoms with E-state index in [0.29, 0.717) is 42.3 Å². The van der Waals surface area contributed by atoms with Gasteiger partial charge in [0, 0.05) is 43.8 Å². The molecule has 1 heterocycles. The SMILES string of the molecule is CCC(CC)c1cc(CNC(=NC)NCCCOc2cc(OC)cc(OC)c2)on1. The quantitative estimate of drug-likeness (QED) is 0.308. The normalized spacial score (nSPS) is 11.5. The van der Waals surface area contributed by atoms with Gasteiger partial charge in [0.05, 0.1) is 33.1 Å². The number of aliphatic imine (C=N–C) groups is 1. The Bertz CT molecular complexity index is 765. The summed E-state index contributed by atoms with van der Waals surface area (Å²) in [5, 5.41) is 10.7. The zero-order valence-electron chi connectivity index (χ0n) is 18.7. The van der Waals surface area contributed by atoms with Crippen LogP contribution in [0.4, 0.5) is 0 Å². The van der Waals surface area contributed by atoms with E-state index in [0.717, 1.165) is 37.3 Å². The second-order valence-electron chi connectivity index (χ2n) is 6.83.